The van der Waals surface area contributed by atoms with E-state index in [1.54, 1.807) is 0 Å². The van der Waals surface area contributed by atoms with Gasteiger partial charge in [-0.15, -0.1) is 0 Å². The lowest BCUT2D eigenvalue weighted by atomic mass is 10.2. The molecule has 0 amide bonds. The maximum absolute atomic E-state index is 5.69. The normalized spacial score (nSPS) is 10.2. The summed E-state index contributed by atoms with van der Waals surface area (Å²) in [5.74, 6) is 0.909. The van der Waals surface area contributed by atoms with Crippen molar-refractivity contribution in [2.45, 2.75) is 13.5 Å². The standard InChI is InChI=1S/C16H20N2O/c1-3-19-16-10-8-15(9-11-16)18(2)12-13-4-6-14(17)7-5-13/h4-11H,3,12,17H2,1-2H3. The SMILES string of the molecule is CCOc1ccc(N(C)Cc2ccc(N)cc2)cc1. The zero-order valence-corrected chi connectivity index (χ0v) is 11.5. The first-order valence-corrected chi connectivity index (χ1v) is 6.47. The molecular weight excluding hydrogens is 236 g/mol. The van der Waals surface area contributed by atoms with Crippen LogP contribution in [-0.2, 0) is 6.54 Å². The molecule has 100 valence electrons. The molecule has 0 saturated carbocycles. The molecule has 0 unspecified atom stereocenters. The summed E-state index contributed by atoms with van der Waals surface area (Å²) >= 11 is 0. The van der Waals surface area contributed by atoms with E-state index in [-0.39, 0.29) is 0 Å². The summed E-state index contributed by atoms with van der Waals surface area (Å²) in [5, 5.41) is 0. The second kappa shape index (κ2) is 6.14. The lowest BCUT2D eigenvalue weighted by Gasteiger charge is -2.19. The molecule has 2 aromatic carbocycles. The van der Waals surface area contributed by atoms with Crippen LogP contribution in [0, 0.1) is 0 Å². The number of nitrogens with zero attached hydrogens (tertiary/aromatic N) is 1. The fraction of sp³-hybridized carbons (Fsp3) is 0.250. The van der Waals surface area contributed by atoms with Gasteiger partial charge in [0.15, 0.2) is 0 Å². The van der Waals surface area contributed by atoms with Crippen molar-refractivity contribution in [2.24, 2.45) is 0 Å². The molecule has 2 aromatic rings. The molecule has 0 aliphatic carbocycles. The Morgan fingerprint density at radius 3 is 2.21 bits per heavy atom. The smallest absolute Gasteiger partial charge is 0.119 e. The van der Waals surface area contributed by atoms with Gasteiger partial charge in [0.25, 0.3) is 0 Å². The third kappa shape index (κ3) is 3.65. The van der Waals surface area contributed by atoms with Gasteiger partial charge in [0.1, 0.15) is 5.75 Å². The minimum absolute atomic E-state index is 0.695. The summed E-state index contributed by atoms with van der Waals surface area (Å²) in [7, 11) is 2.08. The van der Waals surface area contributed by atoms with Crippen LogP contribution in [0.15, 0.2) is 48.5 Å². The van der Waals surface area contributed by atoms with E-state index in [0.717, 1.165) is 18.0 Å². The van der Waals surface area contributed by atoms with Gasteiger partial charge in [-0.2, -0.15) is 0 Å². The highest BCUT2D eigenvalue weighted by atomic mass is 16.5. The summed E-state index contributed by atoms with van der Waals surface area (Å²) in [4.78, 5) is 2.20. The van der Waals surface area contributed by atoms with Gasteiger partial charge in [-0.05, 0) is 48.9 Å². The van der Waals surface area contributed by atoms with E-state index in [0.29, 0.717) is 6.61 Å². The van der Waals surface area contributed by atoms with Gasteiger partial charge >= 0.3 is 0 Å². The molecule has 0 spiro atoms. The molecule has 2 N–H and O–H groups in total. The molecule has 0 bridgehead atoms. The average Bonchev–Trinajstić information content (AvgIpc) is 2.42. The number of rotatable bonds is 5. The van der Waals surface area contributed by atoms with Gasteiger partial charge in [0.05, 0.1) is 6.61 Å². The Bertz CT molecular complexity index is 505. The second-order valence-electron chi connectivity index (χ2n) is 4.52. The summed E-state index contributed by atoms with van der Waals surface area (Å²) in [6.45, 7) is 3.54. The molecule has 0 atom stereocenters. The summed E-state index contributed by atoms with van der Waals surface area (Å²) in [6, 6.07) is 16.1. The van der Waals surface area contributed by atoms with Crippen LogP contribution in [0.2, 0.25) is 0 Å². The summed E-state index contributed by atoms with van der Waals surface area (Å²) in [6.07, 6.45) is 0. The first kappa shape index (κ1) is 13.3. The monoisotopic (exact) mass is 256 g/mol. The van der Waals surface area contributed by atoms with Crippen LogP contribution < -0.4 is 15.4 Å². The zero-order chi connectivity index (χ0) is 13.7. The maximum atomic E-state index is 5.69. The molecule has 0 aliphatic heterocycles. The van der Waals surface area contributed by atoms with Crippen LogP contribution in [-0.4, -0.2) is 13.7 Å². The molecule has 0 saturated heterocycles. The molecule has 2 rings (SSSR count). The number of hydrogen-bond donors (Lipinski definition) is 1. The van der Waals surface area contributed by atoms with Crippen LogP contribution in [0.3, 0.4) is 0 Å². The van der Waals surface area contributed by atoms with E-state index in [2.05, 4.69) is 36.2 Å². The lowest BCUT2D eigenvalue weighted by Crippen LogP contribution is -2.16. The van der Waals surface area contributed by atoms with E-state index < -0.39 is 0 Å². The van der Waals surface area contributed by atoms with Crippen molar-refractivity contribution in [1.82, 2.24) is 0 Å². The Balaban J connectivity index is 2.02. The highest BCUT2D eigenvalue weighted by Gasteiger charge is 2.02. The third-order valence-corrected chi connectivity index (χ3v) is 2.99. The number of benzene rings is 2. The van der Waals surface area contributed by atoms with E-state index >= 15 is 0 Å². The topological polar surface area (TPSA) is 38.5 Å². The average molecular weight is 256 g/mol. The Hall–Kier alpha value is -2.16. The molecule has 3 nitrogen and oxygen atoms in total. The molecule has 0 aliphatic rings. The predicted molar refractivity (Wildman–Crippen MR) is 80.6 cm³/mol. The number of nitrogen functional groups attached to an aromatic ring is 1. The van der Waals surface area contributed by atoms with E-state index in [1.165, 1.54) is 11.3 Å². The highest BCUT2D eigenvalue weighted by molar-refractivity contribution is 5.49. The van der Waals surface area contributed by atoms with Crippen molar-refractivity contribution < 1.29 is 4.74 Å². The van der Waals surface area contributed by atoms with Crippen LogP contribution in [0.1, 0.15) is 12.5 Å². The number of anilines is 2. The molecule has 3 heteroatoms. The minimum Gasteiger partial charge on any atom is -0.494 e. The predicted octanol–water partition coefficient (Wildman–Crippen LogP) is 3.30. The Morgan fingerprint density at radius 2 is 1.63 bits per heavy atom. The third-order valence-electron chi connectivity index (χ3n) is 2.99. The second-order valence-corrected chi connectivity index (χ2v) is 4.52. The number of hydrogen-bond acceptors (Lipinski definition) is 3. The van der Waals surface area contributed by atoms with Crippen molar-refractivity contribution in [3.05, 3.63) is 54.1 Å². The Kier molecular flexibility index (Phi) is 4.29. The van der Waals surface area contributed by atoms with E-state index in [4.69, 9.17) is 10.5 Å². The van der Waals surface area contributed by atoms with Gasteiger partial charge < -0.3 is 15.4 Å². The first-order valence-electron chi connectivity index (χ1n) is 6.47. The largest absolute Gasteiger partial charge is 0.494 e. The molecule has 0 fully saturated rings. The van der Waals surface area contributed by atoms with Crippen LogP contribution in [0.5, 0.6) is 5.75 Å². The van der Waals surface area contributed by atoms with Crippen LogP contribution >= 0.6 is 0 Å². The zero-order valence-electron chi connectivity index (χ0n) is 11.5. The molecule has 0 heterocycles. The van der Waals surface area contributed by atoms with Crippen molar-refractivity contribution in [3.63, 3.8) is 0 Å². The molecular formula is C16H20N2O. The van der Waals surface area contributed by atoms with E-state index in [9.17, 15) is 0 Å². The molecule has 0 radical (unpaired) electrons. The lowest BCUT2D eigenvalue weighted by molar-refractivity contribution is 0.340. The van der Waals surface area contributed by atoms with Gasteiger partial charge in [-0.25, -0.2) is 0 Å². The Labute approximate surface area is 114 Å². The Morgan fingerprint density at radius 1 is 1.00 bits per heavy atom. The molecule has 19 heavy (non-hydrogen) atoms. The fourth-order valence-corrected chi connectivity index (χ4v) is 1.95. The summed E-state index contributed by atoms with van der Waals surface area (Å²) in [5.41, 5.74) is 8.89. The minimum atomic E-state index is 0.695. The van der Waals surface area contributed by atoms with Crippen molar-refractivity contribution in [3.8, 4) is 5.75 Å². The van der Waals surface area contributed by atoms with Crippen molar-refractivity contribution >= 4 is 11.4 Å². The van der Waals surface area contributed by atoms with Crippen molar-refractivity contribution in [2.75, 3.05) is 24.3 Å². The van der Waals surface area contributed by atoms with Gasteiger partial charge in [0.2, 0.25) is 0 Å². The number of ether oxygens (including phenoxy) is 1. The van der Waals surface area contributed by atoms with Gasteiger partial charge in [-0.3, -0.25) is 0 Å². The maximum Gasteiger partial charge on any atom is 0.119 e. The molecule has 0 aromatic heterocycles. The fourth-order valence-electron chi connectivity index (χ4n) is 1.95. The van der Waals surface area contributed by atoms with Crippen LogP contribution in [0.4, 0.5) is 11.4 Å². The van der Waals surface area contributed by atoms with Crippen molar-refractivity contribution in [1.29, 1.82) is 0 Å². The first-order chi connectivity index (χ1) is 9.19. The van der Waals surface area contributed by atoms with Gasteiger partial charge in [-0.1, -0.05) is 12.1 Å². The quantitative estimate of drug-likeness (QED) is 0.834. The highest BCUT2D eigenvalue weighted by Crippen LogP contribution is 2.20. The van der Waals surface area contributed by atoms with Gasteiger partial charge in [0, 0.05) is 25.0 Å². The summed E-state index contributed by atoms with van der Waals surface area (Å²) < 4.78 is 5.44. The van der Waals surface area contributed by atoms with Crippen LogP contribution in [0.25, 0.3) is 0 Å². The number of nitrogens with two attached hydrogens (primary N) is 1. The van der Waals surface area contributed by atoms with E-state index in [1.807, 2.05) is 31.2 Å².